The number of benzene rings is 2. The van der Waals surface area contributed by atoms with Crippen LogP contribution in [0.4, 0.5) is 4.79 Å². The monoisotopic (exact) mass is 339 g/mol. The fourth-order valence-corrected chi connectivity index (χ4v) is 2.48. The Kier molecular flexibility index (Phi) is 7.16. The summed E-state index contributed by atoms with van der Waals surface area (Å²) in [4.78, 5) is 25.6. The van der Waals surface area contributed by atoms with Crippen LogP contribution in [0.1, 0.15) is 23.6 Å². The van der Waals surface area contributed by atoms with Crippen LogP contribution in [-0.2, 0) is 24.3 Å². The fraction of sp³-hybridized carbons (Fsp3) is 0.300. The Morgan fingerprint density at radius 2 is 1.56 bits per heavy atom. The summed E-state index contributed by atoms with van der Waals surface area (Å²) in [5.74, 6) is -0.321. The molecule has 0 spiro atoms. The molecule has 2 aromatic carbocycles. The van der Waals surface area contributed by atoms with Gasteiger partial charge in [0.25, 0.3) is 0 Å². The van der Waals surface area contributed by atoms with Crippen molar-refractivity contribution < 1.29 is 9.59 Å². The highest BCUT2D eigenvalue weighted by molar-refractivity contribution is 5.95. The number of imide groups is 1. The molecular formula is C20H25N3O2. The molecule has 0 aliphatic heterocycles. The molecule has 3 amide bonds. The zero-order valence-corrected chi connectivity index (χ0v) is 14.8. The molecule has 2 rings (SSSR count). The van der Waals surface area contributed by atoms with E-state index in [1.54, 1.807) is 0 Å². The van der Waals surface area contributed by atoms with E-state index in [0.717, 1.165) is 17.5 Å². The van der Waals surface area contributed by atoms with E-state index in [9.17, 15) is 9.59 Å². The number of amides is 3. The number of hydrogen-bond donors (Lipinski definition) is 2. The van der Waals surface area contributed by atoms with Gasteiger partial charge in [0.15, 0.2) is 0 Å². The Bertz CT molecular complexity index is 684. The van der Waals surface area contributed by atoms with E-state index in [4.69, 9.17) is 0 Å². The van der Waals surface area contributed by atoms with Crippen LogP contribution >= 0.6 is 0 Å². The van der Waals surface area contributed by atoms with E-state index >= 15 is 0 Å². The van der Waals surface area contributed by atoms with E-state index < -0.39 is 6.03 Å². The van der Waals surface area contributed by atoms with Crippen LogP contribution in [0.5, 0.6) is 0 Å². The number of rotatable bonds is 7. The van der Waals surface area contributed by atoms with E-state index in [1.165, 1.54) is 5.56 Å². The van der Waals surface area contributed by atoms with Crippen LogP contribution < -0.4 is 10.6 Å². The average Bonchev–Trinajstić information content (AvgIpc) is 2.61. The van der Waals surface area contributed by atoms with Gasteiger partial charge in [-0.2, -0.15) is 0 Å². The summed E-state index contributed by atoms with van der Waals surface area (Å²) in [6.07, 6.45) is 1.01. The summed E-state index contributed by atoms with van der Waals surface area (Å²) in [7, 11) is 1.86. The number of likely N-dealkylation sites (N-methyl/N-ethyl adjacent to an activating group) is 1. The van der Waals surface area contributed by atoms with E-state index in [2.05, 4.69) is 41.8 Å². The smallest absolute Gasteiger partial charge is 0.321 e. The maximum absolute atomic E-state index is 12.0. The molecule has 0 atom stereocenters. The Hall–Kier alpha value is -2.66. The molecule has 132 valence electrons. The second-order valence-electron chi connectivity index (χ2n) is 6.06. The summed E-state index contributed by atoms with van der Waals surface area (Å²) in [5.41, 5.74) is 3.41. The van der Waals surface area contributed by atoms with Gasteiger partial charge >= 0.3 is 6.03 Å². The standard InChI is InChI=1S/C20H25N3O2/c1-3-16-9-11-18(12-10-16)14-23(2)15-19(24)22-20(25)21-13-17-7-5-4-6-8-17/h4-12H,3,13-15H2,1-2H3,(H2,21,22,24,25). The first-order valence-electron chi connectivity index (χ1n) is 8.44. The highest BCUT2D eigenvalue weighted by atomic mass is 16.2. The third kappa shape index (κ3) is 6.77. The van der Waals surface area contributed by atoms with Crippen LogP contribution in [0.15, 0.2) is 54.6 Å². The largest absolute Gasteiger partial charge is 0.334 e. The summed E-state index contributed by atoms with van der Waals surface area (Å²) < 4.78 is 0. The van der Waals surface area contributed by atoms with E-state index in [1.807, 2.05) is 42.3 Å². The van der Waals surface area contributed by atoms with Crippen molar-refractivity contribution >= 4 is 11.9 Å². The van der Waals surface area contributed by atoms with Crippen molar-refractivity contribution in [3.63, 3.8) is 0 Å². The topological polar surface area (TPSA) is 61.4 Å². The van der Waals surface area contributed by atoms with Crippen LogP contribution in [-0.4, -0.2) is 30.4 Å². The lowest BCUT2D eigenvalue weighted by Gasteiger charge is -2.16. The van der Waals surface area contributed by atoms with Crippen LogP contribution in [0.3, 0.4) is 0 Å². The highest BCUT2D eigenvalue weighted by Crippen LogP contribution is 2.07. The number of aryl methyl sites for hydroxylation is 1. The van der Waals surface area contributed by atoms with Crippen LogP contribution in [0.2, 0.25) is 0 Å². The lowest BCUT2D eigenvalue weighted by atomic mass is 10.1. The van der Waals surface area contributed by atoms with Gasteiger partial charge in [0.05, 0.1) is 6.54 Å². The molecule has 0 fully saturated rings. The van der Waals surface area contributed by atoms with Gasteiger partial charge in [0.2, 0.25) is 5.91 Å². The molecule has 0 aliphatic rings. The maximum atomic E-state index is 12.0. The minimum Gasteiger partial charge on any atom is -0.334 e. The van der Waals surface area contributed by atoms with Crippen molar-refractivity contribution in [2.24, 2.45) is 0 Å². The molecule has 5 heteroatoms. The molecule has 25 heavy (non-hydrogen) atoms. The first-order chi connectivity index (χ1) is 12.1. The zero-order chi connectivity index (χ0) is 18.1. The molecule has 0 radical (unpaired) electrons. The van der Waals surface area contributed by atoms with Crippen LogP contribution in [0.25, 0.3) is 0 Å². The quantitative estimate of drug-likeness (QED) is 0.815. The van der Waals surface area contributed by atoms with Crippen molar-refractivity contribution in [3.8, 4) is 0 Å². The van der Waals surface area contributed by atoms with E-state index in [0.29, 0.717) is 13.1 Å². The van der Waals surface area contributed by atoms with Gasteiger partial charge in [-0.25, -0.2) is 4.79 Å². The highest BCUT2D eigenvalue weighted by Gasteiger charge is 2.10. The Morgan fingerprint density at radius 1 is 0.920 bits per heavy atom. The second kappa shape index (κ2) is 9.59. The van der Waals surface area contributed by atoms with Crippen molar-refractivity contribution in [2.45, 2.75) is 26.4 Å². The molecule has 5 nitrogen and oxygen atoms in total. The predicted molar refractivity (Wildman–Crippen MR) is 99.0 cm³/mol. The molecule has 0 bridgehead atoms. The van der Waals surface area contributed by atoms with Crippen LogP contribution in [0, 0.1) is 0 Å². The van der Waals surface area contributed by atoms with E-state index in [-0.39, 0.29) is 12.5 Å². The van der Waals surface area contributed by atoms with Gasteiger partial charge in [-0.3, -0.25) is 15.0 Å². The van der Waals surface area contributed by atoms with Gasteiger partial charge in [0.1, 0.15) is 0 Å². The van der Waals surface area contributed by atoms with Gasteiger partial charge < -0.3 is 5.32 Å². The maximum Gasteiger partial charge on any atom is 0.321 e. The Labute approximate surface area is 149 Å². The summed E-state index contributed by atoms with van der Waals surface area (Å²) in [6.45, 7) is 3.32. The average molecular weight is 339 g/mol. The third-order valence-electron chi connectivity index (χ3n) is 3.85. The predicted octanol–water partition coefficient (Wildman–Crippen LogP) is 2.71. The molecule has 0 saturated heterocycles. The lowest BCUT2D eigenvalue weighted by Crippen LogP contribution is -2.43. The van der Waals surface area contributed by atoms with Gasteiger partial charge in [-0.05, 0) is 30.2 Å². The number of nitrogens with one attached hydrogen (secondary N) is 2. The minimum atomic E-state index is -0.477. The number of carbonyl (C=O) groups is 2. The van der Waals surface area contributed by atoms with Crippen molar-refractivity contribution in [2.75, 3.05) is 13.6 Å². The van der Waals surface area contributed by atoms with Crippen molar-refractivity contribution in [3.05, 3.63) is 71.3 Å². The first-order valence-corrected chi connectivity index (χ1v) is 8.44. The number of hydrogen-bond acceptors (Lipinski definition) is 3. The van der Waals surface area contributed by atoms with Gasteiger partial charge in [-0.1, -0.05) is 61.5 Å². The van der Waals surface area contributed by atoms with Crippen molar-refractivity contribution in [1.29, 1.82) is 0 Å². The molecule has 2 aromatic rings. The SMILES string of the molecule is CCc1ccc(CN(C)CC(=O)NC(=O)NCc2ccccc2)cc1. The number of nitrogens with zero attached hydrogens (tertiary/aromatic N) is 1. The van der Waals surface area contributed by atoms with Gasteiger partial charge in [-0.15, -0.1) is 0 Å². The molecule has 0 aromatic heterocycles. The molecule has 0 aliphatic carbocycles. The summed E-state index contributed by atoms with van der Waals surface area (Å²) in [6, 6.07) is 17.4. The Morgan fingerprint density at radius 3 is 2.20 bits per heavy atom. The Balaban J connectivity index is 1.71. The normalized spacial score (nSPS) is 10.5. The van der Waals surface area contributed by atoms with Crippen molar-refractivity contribution in [1.82, 2.24) is 15.5 Å². The fourth-order valence-electron chi connectivity index (χ4n) is 2.48. The first kappa shape index (κ1) is 18.7. The third-order valence-corrected chi connectivity index (χ3v) is 3.85. The number of carbonyl (C=O) groups excluding carboxylic acids is 2. The molecular weight excluding hydrogens is 314 g/mol. The van der Waals surface area contributed by atoms with Gasteiger partial charge in [0, 0.05) is 13.1 Å². The molecule has 0 heterocycles. The summed E-state index contributed by atoms with van der Waals surface area (Å²) in [5, 5.41) is 5.03. The zero-order valence-electron chi connectivity index (χ0n) is 14.8. The lowest BCUT2D eigenvalue weighted by molar-refractivity contribution is -0.120. The molecule has 0 saturated carbocycles. The molecule has 2 N–H and O–H groups in total. The number of urea groups is 1. The summed E-state index contributed by atoms with van der Waals surface area (Å²) >= 11 is 0. The minimum absolute atomic E-state index is 0.161. The molecule has 0 unspecified atom stereocenters. The second-order valence-corrected chi connectivity index (χ2v) is 6.06.